The number of hydrogen-bond acceptors (Lipinski definition) is 14. The molecule has 2 aliphatic rings. The predicted octanol–water partition coefficient (Wildman–Crippen LogP) is 5.21. The summed E-state index contributed by atoms with van der Waals surface area (Å²) >= 11 is 0.729. The average Bonchev–Trinajstić information content (AvgIpc) is 3.77. The van der Waals surface area contributed by atoms with Crippen LogP contribution in [0.25, 0.3) is 0 Å². The number of nitrogens with zero attached hydrogens (tertiary/aromatic N) is 3. The third-order valence-electron chi connectivity index (χ3n) is 8.33. The molecule has 6 rings (SSSR count). The first kappa shape index (κ1) is 34.7. The molecule has 0 radical (unpaired) electrons. The molecule has 2 saturated heterocycles. The number of thiophene rings is 1. The largest absolute Gasteiger partial charge is 0.493 e. The lowest BCUT2D eigenvalue weighted by atomic mass is 9.90. The van der Waals surface area contributed by atoms with Crippen molar-refractivity contribution in [3.8, 4) is 11.5 Å². The van der Waals surface area contributed by atoms with E-state index in [0.29, 0.717) is 11.1 Å². The normalized spacial score (nSPS) is 18.0. The molecule has 1 aromatic heterocycles. The Kier molecular flexibility index (Phi) is 9.54. The van der Waals surface area contributed by atoms with E-state index in [9.17, 15) is 34.1 Å². The molecule has 3 atom stereocenters. The van der Waals surface area contributed by atoms with Gasteiger partial charge in [-0.15, -0.1) is 11.3 Å². The summed E-state index contributed by atoms with van der Waals surface area (Å²) in [5.74, 6) is -4.99. The first-order valence-corrected chi connectivity index (χ1v) is 16.2. The Morgan fingerprint density at radius 2 is 1.67 bits per heavy atom. The van der Waals surface area contributed by atoms with Crippen LogP contribution in [0.5, 0.6) is 11.5 Å². The van der Waals surface area contributed by atoms with Crippen molar-refractivity contribution >= 4 is 57.4 Å². The zero-order valence-electron chi connectivity index (χ0n) is 27.5. The van der Waals surface area contributed by atoms with Gasteiger partial charge in [-0.25, -0.2) is 24.3 Å². The van der Waals surface area contributed by atoms with E-state index in [2.05, 4.69) is 0 Å². The van der Waals surface area contributed by atoms with Gasteiger partial charge in [0.15, 0.2) is 17.6 Å². The molecule has 4 aromatic rings. The second-order valence-corrected chi connectivity index (χ2v) is 12.2. The number of rotatable bonds is 10. The highest BCUT2D eigenvalue weighted by molar-refractivity contribution is 7.19. The molecule has 15 nitrogen and oxygen atoms in total. The number of hydrogen-bond donors (Lipinski definition) is 0. The lowest BCUT2D eigenvalue weighted by Gasteiger charge is -2.29. The fourth-order valence-electron chi connectivity index (χ4n) is 6.00. The number of anilines is 2. The van der Waals surface area contributed by atoms with Crippen LogP contribution >= 0.6 is 11.3 Å². The van der Waals surface area contributed by atoms with Crippen LogP contribution in [-0.2, 0) is 23.9 Å². The molecular weight excluding hydrogens is 686 g/mol. The molecule has 0 saturated carbocycles. The number of hydroxylamine groups is 1. The standard InChI is InChI=1S/C35H29N3O12S/c1-5-48-35(43)29-18(2)25(34(42)47-4)32(51-29)36-30(39)26-27(37(50-28(26)31(36)40)21-12-9-13-22(17-21)38(44)45)20-14-15-23(24(16-20)46-3)49-33(41)19-10-7-6-8-11-19/h6-17,26-28H,5H2,1-4H3/t26-,27-,28-/m0/s1. The van der Waals surface area contributed by atoms with Crippen LogP contribution in [0.1, 0.15) is 54.5 Å². The fourth-order valence-corrected chi connectivity index (χ4v) is 7.20. The number of methoxy groups -OCH3 is 2. The summed E-state index contributed by atoms with van der Waals surface area (Å²) in [7, 11) is 2.48. The van der Waals surface area contributed by atoms with Gasteiger partial charge >= 0.3 is 17.9 Å². The van der Waals surface area contributed by atoms with E-state index in [1.807, 2.05) is 0 Å². The van der Waals surface area contributed by atoms with Crippen LogP contribution in [0.15, 0.2) is 72.8 Å². The SMILES string of the molecule is CCOC(=O)c1sc(N2C(=O)[C@@H]3[C@H](ON(c4cccc([N+](=O)[O-])c4)[C@H]3c3ccc(OC(=O)c4ccccc4)c(OC)c3)C2=O)c(C(=O)OC)c1C. The highest BCUT2D eigenvalue weighted by Crippen LogP contribution is 2.51. The first-order chi connectivity index (χ1) is 24.5. The van der Waals surface area contributed by atoms with Crippen LogP contribution in [0.2, 0.25) is 0 Å². The molecule has 0 bridgehead atoms. The Morgan fingerprint density at radius 1 is 0.922 bits per heavy atom. The zero-order chi connectivity index (χ0) is 36.6. The van der Waals surface area contributed by atoms with Gasteiger partial charge in [0.05, 0.1) is 48.6 Å². The fraction of sp³-hybridized carbons (Fsp3) is 0.229. The monoisotopic (exact) mass is 715 g/mol. The van der Waals surface area contributed by atoms with Gasteiger partial charge in [0.1, 0.15) is 15.8 Å². The van der Waals surface area contributed by atoms with Crippen LogP contribution in [0.4, 0.5) is 16.4 Å². The Bertz CT molecular complexity index is 2080. The highest BCUT2D eigenvalue weighted by atomic mass is 32.1. The van der Waals surface area contributed by atoms with Crippen LogP contribution in [0.3, 0.4) is 0 Å². The van der Waals surface area contributed by atoms with Gasteiger partial charge in [0.2, 0.25) is 5.91 Å². The third kappa shape index (κ3) is 6.15. The Hall–Kier alpha value is -6.13. The Labute approximate surface area is 293 Å². The number of imide groups is 1. The van der Waals surface area contributed by atoms with Gasteiger partial charge in [-0.3, -0.25) is 24.5 Å². The van der Waals surface area contributed by atoms with Gasteiger partial charge in [-0.2, -0.15) is 0 Å². The zero-order valence-corrected chi connectivity index (χ0v) is 28.3. The quantitative estimate of drug-likeness (QED) is 0.0687. The molecule has 51 heavy (non-hydrogen) atoms. The molecule has 2 amide bonds. The third-order valence-corrected chi connectivity index (χ3v) is 9.59. The van der Waals surface area contributed by atoms with Gasteiger partial charge < -0.3 is 18.9 Å². The second-order valence-electron chi connectivity index (χ2n) is 11.2. The number of esters is 3. The van der Waals surface area contributed by atoms with Crippen molar-refractivity contribution in [3.05, 3.63) is 110 Å². The Balaban J connectivity index is 1.44. The summed E-state index contributed by atoms with van der Waals surface area (Å²) in [6, 6.07) is 17.2. The smallest absolute Gasteiger partial charge is 0.348 e. The number of fused-ring (bicyclic) bond motifs is 1. The molecular formula is C35H29N3O12S. The van der Waals surface area contributed by atoms with Gasteiger partial charge in [-0.1, -0.05) is 30.3 Å². The minimum Gasteiger partial charge on any atom is -0.493 e. The van der Waals surface area contributed by atoms with Gasteiger partial charge in [-0.05, 0) is 55.3 Å². The number of nitro benzene ring substituents is 1. The molecule has 3 heterocycles. The van der Waals surface area contributed by atoms with Crippen molar-refractivity contribution in [1.82, 2.24) is 0 Å². The summed E-state index contributed by atoms with van der Waals surface area (Å²) in [4.78, 5) is 85.2. The molecule has 0 unspecified atom stereocenters. The van der Waals surface area contributed by atoms with Crippen molar-refractivity contribution in [3.63, 3.8) is 0 Å². The summed E-state index contributed by atoms with van der Waals surface area (Å²) in [5, 5.41) is 12.8. The van der Waals surface area contributed by atoms with Crippen molar-refractivity contribution < 1.29 is 52.7 Å². The minimum atomic E-state index is -1.46. The molecule has 0 aliphatic carbocycles. The maximum Gasteiger partial charge on any atom is 0.348 e. The van der Waals surface area contributed by atoms with E-state index >= 15 is 0 Å². The lowest BCUT2D eigenvalue weighted by Crippen LogP contribution is -2.37. The van der Waals surface area contributed by atoms with Gasteiger partial charge in [0, 0.05) is 12.1 Å². The highest BCUT2D eigenvalue weighted by Gasteiger charge is 2.61. The summed E-state index contributed by atoms with van der Waals surface area (Å²) < 4.78 is 21.2. The summed E-state index contributed by atoms with van der Waals surface area (Å²) in [6.07, 6.45) is -1.46. The topological polar surface area (TPSA) is 181 Å². The van der Waals surface area contributed by atoms with Crippen LogP contribution in [0, 0.1) is 23.0 Å². The van der Waals surface area contributed by atoms with E-state index in [4.69, 9.17) is 23.8 Å². The van der Waals surface area contributed by atoms with E-state index in [0.717, 1.165) is 23.3 Å². The number of non-ortho nitro benzene ring substituents is 1. The van der Waals surface area contributed by atoms with E-state index < -0.39 is 52.7 Å². The average molecular weight is 716 g/mol. The molecule has 16 heteroatoms. The van der Waals surface area contributed by atoms with E-state index in [1.165, 1.54) is 55.5 Å². The van der Waals surface area contributed by atoms with E-state index in [1.54, 1.807) is 43.3 Å². The number of carbonyl (C=O) groups excluding carboxylic acids is 5. The second kappa shape index (κ2) is 14.0. The molecule has 2 fully saturated rings. The molecule has 3 aromatic carbocycles. The summed E-state index contributed by atoms with van der Waals surface area (Å²) in [5.41, 5.74) is 0.556. The van der Waals surface area contributed by atoms with Crippen LogP contribution < -0.4 is 19.4 Å². The predicted molar refractivity (Wildman–Crippen MR) is 180 cm³/mol. The molecule has 0 N–H and O–H groups in total. The number of carbonyl (C=O) groups is 5. The number of benzene rings is 3. The van der Waals surface area contributed by atoms with E-state index in [-0.39, 0.29) is 50.5 Å². The molecule has 2 aliphatic heterocycles. The molecule has 0 spiro atoms. The van der Waals surface area contributed by atoms with Gasteiger partial charge in [0.25, 0.3) is 11.6 Å². The number of nitro groups is 1. The van der Waals surface area contributed by atoms with Crippen molar-refractivity contribution in [2.45, 2.75) is 26.0 Å². The first-order valence-electron chi connectivity index (χ1n) is 15.4. The Morgan fingerprint density at radius 3 is 2.33 bits per heavy atom. The maximum atomic E-state index is 14.5. The van der Waals surface area contributed by atoms with Crippen LogP contribution in [-0.4, -0.2) is 61.6 Å². The van der Waals surface area contributed by atoms with Crippen molar-refractivity contribution in [2.24, 2.45) is 5.92 Å². The number of amides is 2. The minimum absolute atomic E-state index is 0.00553. The van der Waals surface area contributed by atoms with Crippen molar-refractivity contribution in [2.75, 3.05) is 30.8 Å². The molecule has 262 valence electrons. The lowest BCUT2D eigenvalue weighted by molar-refractivity contribution is -0.384. The maximum absolute atomic E-state index is 14.5. The number of ether oxygens (including phenoxy) is 4. The van der Waals surface area contributed by atoms with Crippen molar-refractivity contribution in [1.29, 1.82) is 0 Å². The summed E-state index contributed by atoms with van der Waals surface area (Å²) in [6.45, 7) is 3.13.